The van der Waals surface area contributed by atoms with Crippen LogP contribution in [-0.2, 0) is 0 Å². The number of benzene rings is 1. The summed E-state index contributed by atoms with van der Waals surface area (Å²) in [7, 11) is 2.18. The molecule has 1 aliphatic heterocycles. The van der Waals surface area contributed by atoms with E-state index in [4.69, 9.17) is 0 Å². The molecule has 0 saturated carbocycles. The summed E-state index contributed by atoms with van der Waals surface area (Å²) in [6.07, 6.45) is 0. The van der Waals surface area contributed by atoms with E-state index in [0.29, 0.717) is 0 Å². The standard InChI is InChI=1S/C18H20BrN5S/c1-23-8-10-24(11-9-23)14-4-2-13(3-5-14)20-18-12-15(21-22-18)16-6-7-17(19)25-16/h2-7,12H,8-11H2,1H3,(H2,20,21,22). The Balaban J connectivity index is 1.42. The molecule has 130 valence electrons. The molecule has 0 radical (unpaired) electrons. The van der Waals surface area contributed by atoms with E-state index in [1.54, 1.807) is 11.3 Å². The molecule has 1 aliphatic rings. The maximum atomic E-state index is 4.38. The van der Waals surface area contributed by atoms with Gasteiger partial charge in [-0.3, -0.25) is 5.10 Å². The molecule has 0 spiro atoms. The first kappa shape index (κ1) is 16.6. The number of thiophene rings is 1. The molecule has 0 aliphatic carbocycles. The molecule has 2 aromatic heterocycles. The normalized spacial score (nSPS) is 15.5. The summed E-state index contributed by atoms with van der Waals surface area (Å²) in [4.78, 5) is 5.95. The molecule has 2 N–H and O–H groups in total. The van der Waals surface area contributed by atoms with Crippen LogP contribution in [0.25, 0.3) is 10.6 Å². The van der Waals surface area contributed by atoms with Crippen molar-refractivity contribution in [3.05, 3.63) is 46.3 Å². The van der Waals surface area contributed by atoms with E-state index in [2.05, 4.69) is 78.6 Å². The molecule has 0 bridgehead atoms. The van der Waals surface area contributed by atoms with Crippen LogP contribution in [0, 0.1) is 0 Å². The van der Waals surface area contributed by atoms with Gasteiger partial charge in [0, 0.05) is 43.6 Å². The van der Waals surface area contributed by atoms with Crippen molar-refractivity contribution in [2.75, 3.05) is 43.4 Å². The highest BCUT2D eigenvalue weighted by Gasteiger charge is 2.14. The van der Waals surface area contributed by atoms with Crippen LogP contribution in [0.2, 0.25) is 0 Å². The fraction of sp³-hybridized carbons (Fsp3) is 0.278. The summed E-state index contributed by atoms with van der Waals surface area (Å²) in [6.45, 7) is 4.42. The van der Waals surface area contributed by atoms with Crippen LogP contribution >= 0.6 is 27.3 Å². The van der Waals surface area contributed by atoms with Crippen LogP contribution in [0.5, 0.6) is 0 Å². The quantitative estimate of drug-likeness (QED) is 0.660. The Morgan fingerprint density at radius 1 is 1.08 bits per heavy atom. The molecular weight excluding hydrogens is 398 g/mol. The van der Waals surface area contributed by atoms with E-state index in [9.17, 15) is 0 Å². The minimum absolute atomic E-state index is 0.895. The molecular formula is C18H20BrN5S. The fourth-order valence-corrected chi connectivity index (χ4v) is 4.29. The minimum Gasteiger partial charge on any atom is -0.369 e. The number of H-pyrrole nitrogens is 1. The van der Waals surface area contributed by atoms with Crippen LogP contribution in [0.3, 0.4) is 0 Å². The van der Waals surface area contributed by atoms with E-state index in [-0.39, 0.29) is 0 Å². The van der Waals surface area contributed by atoms with Crippen molar-refractivity contribution in [1.29, 1.82) is 0 Å². The molecule has 1 saturated heterocycles. The Labute approximate surface area is 159 Å². The number of hydrogen-bond acceptors (Lipinski definition) is 5. The average Bonchev–Trinajstić information content (AvgIpc) is 3.25. The fourth-order valence-electron chi connectivity index (χ4n) is 2.94. The summed E-state index contributed by atoms with van der Waals surface area (Å²) in [5.41, 5.74) is 3.29. The number of rotatable bonds is 4. The van der Waals surface area contributed by atoms with Crippen molar-refractivity contribution in [1.82, 2.24) is 15.1 Å². The number of anilines is 3. The first-order chi connectivity index (χ1) is 12.2. The number of aromatic amines is 1. The van der Waals surface area contributed by atoms with Crippen molar-refractivity contribution < 1.29 is 0 Å². The minimum atomic E-state index is 0.895. The van der Waals surface area contributed by atoms with E-state index >= 15 is 0 Å². The van der Waals surface area contributed by atoms with Gasteiger partial charge in [0.2, 0.25) is 0 Å². The number of likely N-dealkylation sites (N-methyl/N-ethyl adjacent to an activating group) is 1. The Kier molecular flexibility index (Phi) is 4.78. The molecule has 3 aromatic rings. The van der Waals surface area contributed by atoms with Crippen molar-refractivity contribution in [3.8, 4) is 10.6 Å². The van der Waals surface area contributed by atoms with Gasteiger partial charge in [-0.1, -0.05) is 0 Å². The molecule has 0 amide bonds. The molecule has 1 aromatic carbocycles. The number of hydrogen-bond donors (Lipinski definition) is 2. The Morgan fingerprint density at radius 3 is 2.52 bits per heavy atom. The highest BCUT2D eigenvalue weighted by molar-refractivity contribution is 9.11. The second-order valence-electron chi connectivity index (χ2n) is 6.23. The number of aromatic nitrogens is 2. The van der Waals surface area contributed by atoms with E-state index in [0.717, 1.165) is 52.0 Å². The summed E-state index contributed by atoms with van der Waals surface area (Å²) in [6, 6.07) is 14.7. The molecule has 4 rings (SSSR count). The zero-order valence-corrected chi connectivity index (χ0v) is 16.4. The lowest BCUT2D eigenvalue weighted by molar-refractivity contribution is 0.313. The Bertz CT molecular complexity index is 833. The molecule has 0 atom stereocenters. The smallest absolute Gasteiger partial charge is 0.126 e. The number of nitrogens with zero attached hydrogens (tertiary/aromatic N) is 3. The highest BCUT2D eigenvalue weighted by Crippen LogP contribution is 2.31. The number of piperazine rings is 1. The highest BCUT2D eigenvalue weighted by atomic mass is 79.9. The molecule has 5 nitrogen and oxygen atoms in total. The van der Waals surface area contributed by atoms with Crippen LogP contribution in [0.4, 0.5) is 17.2 Å². The zero-order valence-electron chi connectivity index (χ0n) is 14.0. The zero-order chi connectivity index (χ0) is 17.2. The van der Waals surface area contributed by atoms with Gasteiger partial charge in [-0.2, -0.15) is 5.10 Å². The predicted molar refractivity (Wildman–Crippen MR) is 109 cm³/mol. The second-order valence-corrected chi connectivity index (χ2v) is 8.70. The SMILES string of the molecule is CN1CCN(c2ccc(Nc3cc(-c4ccc(Br)s4)n[nH]3)cc2)CC1. The van der Waals surface area contributed by atoms with Gasteiger partial charge in [-0.05, 0) is 59.4 Å². The van der Waals surface area contributed by atoms with Crippen LogP contribution in [0.15, 0.2) is 46.3 Å². The van der Waals surface area contributed by atoms with Crippen LogP contribution in [0.1, 0.15) is 0 Å². The summed E-state index contributed by atoms with van der Waals surface area (Å²) in [5, 5.41) is 10.8. The van der Waals surface area contributed by atoms with E-state index in [1.807, 2.05) is 12.1 Å². The predicted octanol–water partition coefficient (Wildman–Crippen LogP) is 4.40. The van der Waals surface area contributed by atoms with Crippen molar-refractivity contribution >= 4 is 44.5 Å². The molecule has 25 heavy (non-hydrogen) atoms. The van der Waals surface area contributed by atoms with Crippen molar-refractivity contribution in [3.63, 3.8) is 0 Å². The van der Waals surface area contributed by atoms with Gasteiger partial charge in [-0.25, -0.2) is 0 Å². The molecule has 7 heteroatoms. The summed E-state index contributed by atoms with van der Waals surface area (Å²) in [5.74, 6) is 0.895. The third-order valence-electron chi connectivity index (χ3n) is 4.42. The van der Waals surface area contributed by atoms with Gasteiger partial charge in [0.05, 0.1) is 8.66 Å². The maximum absolute atomic E-state index is 4.38. The third-order valence-corrected chi connectivity index (χ3v) is 6.06. The molecule has 1 fully saturated rings. The summed E-state index contributed by atoms with van der Waals surface area (Å²) < 4.78 is 1.11. The third kappa shape index (κ3) is 3.89. The van der Waals surface area contributed by atoms with Gasteiger partial charge >= 0.3 is 0 Å². The van der Waals surface area contributed by atoms with E-state index in [1.165, 1.54) is 5.69 Å². The molecule has 0 unspecified atom stereocenters. The first-order valence-electron chi connectivity index (χ1n) is 8.29. The number of nitrogens with one attached hydrogen (secondary N) is 2. The lowest BCUT2D eigenvalue weighted by atomic mass is 10.2. The van der Waals surface area contributed by atoms with Gasteiger partial charge in [-0.15, -0.1) is 11.3 Å². The Morgan fingerprint density at radius 2 is 1.84 bits per heavy atom. The molecule has 3 heterocycles. The van der Waals surface area contributed by atoms with Gasteiger partial charge in [0.1, 0.15) is 11.5 Å². The van der Waals surface area contributed by atoms with Gasteiger partial charge < -0.3 is 15.1 Å². The average molecular weight is 418 g/mol. The number of halogens is 1. The van der Waals surface area contributed by atoms with Crippen molar-refractivity contribution in [2.45, 2.75) is 0 Å². The topological polar surface area (TPSA) is 47.2 Å². The summed E-state index contributed by atoms with van der Waals surface area (Å²) >= 11 is 5.17. The van der Waals surface area contributed by atoms with Gasteiger partial charge in [0.15, 0.2) is 0 Å². The van der Waals surface area contributed by atoms with Gasteiger partial charge in [0.25, 0.3) is 0 Å². The lowest BCUT2D eigenvalue weighted by Gasteiger charge is -2.34. The van der Waals surface area contributed by atoms with Crippen LogP contribution < -0.4 is 10.2 Å². The van der Waals surface area contributed by atoms with Crippen molar-refractivity contribution in [2.24, 2.45) is 0 Å². The lowest BCUT2D eigenvalue weighted by Crippen LogP contribution is -2.44. The first-order valence-corrected chi connectivity index (χ1v) is 9.90. The second kappa shape index (κ2) is 7.19. The largest absolute Gasteiger partial charge is 0.369 e. The monoisotopic (exact) mass is 417 g/mol. The van der Waals surface area contributed by atoms with E-state index < -0.39 is 0 Å². The Hall–Kier alpha value is -1.83. The van der Waals surface area contributed by atoms with Crippen LogP contribution in [-0.4, -0.2) is 48.3 Å². The maximum Gasteiger partial charge on any atom is 0.126 e.